The van der Waals surface area contributed by atoms with Crippen molar-refractivity contribution in [2.75, 3.05) is 13.2 Å². The van der Waals surface area contributed by atoms with E-state index in [1.807, 2.05) is 6.07 Å². The number of rotatable bonds is 4. The van der Waals surface area contributed by atoms with E-state index in [0.717, 1.165) is 4.31 Å². The third kappa shape index (κ3) is 3.15. The molecule has 0 radical (unpaired) electrons. The second kappa shape index (κ2) is 5.87. The molecular weight excluding hydrogens is 283 g/mol. The molecule has 0 amide bonds. The molecule has 1 heterocycles. The first kappa shape index (κ1) is 14.9. The maximum absolute atomic E-state index is 13.3. The monoisotopic (exact) mass is 298 g/mol. The Morgan fingerprint density at radius 2 is 2.25 bits per heavy atom. The molecule has 20 heavy (non-hydrogen) atoms. The van der Waals surface area contributed by atoms with Crippen molar-refractivity contribution < 1.29 is 17.9 Å². The van der Waals surface area contributed by atoms with Crippen LogP contribution in [0.1, 0.15) is 17.5 Å². The lowest BCUT2D eigenvalue weighted by Crippen LogP contribution is -2.38. The molecule has 1 aromatic carbocycles. The summed E-state index contributed by atoms with van der Waals surface area (Å²) in [6.07, 6.45) is -1.22. The Balaban J connectivity index is 2.21. The third-order valence-corrected chi connectivity index (χ3v) is 5.15. The van der Waals surface area contributed by atoms with Crippen molar-refractivity contribution in [3.8, 4) is 6.07 Å². The van der Waals surface area contributed by atoms with Crippen molar-refractivity contribution >= 4 is 10.0 Å². The first-order valence-electron chi connectivity index (χ1n) is 6.19. The Hall–Kier alpha value is -1.49. The van der Waals surface area contributed by atoms with Crippen LogP contribution in [0.15, 0.2) is 24.3 Å². The standard InChI is InChI=1S/C13H15FN2O3S/c14-12-5-13(8-17)16(7-12)20(18,19)9-11-3-1-2-10(4-11)6-15/h1-4,12-13,17H,5,7-9H2/t12-,13-/m0/s1. The van der Waals surface area contributed by atoms with Crippen molar-refractivity contribution in [3.63, 3.8) is 0 Å². The number of aliphatic hydroxyl groups excluding tert-OH is 1. The Kier molecular flexibility index (Phi) is 4.38. The molecular formula is C13H15FN2O3S. The van der Waals surface area contributed by atoms with Gasteiger partial charge in [-0.1, -0.05) is 12.1 Å². The molecule has 1 N–H and O–H groups in total. The normalized spacial score (nSPS) is 23.6. The lowest BCUT2D eigenvalue weighted by atomic mass is 10.2. The van der Waals surface area contributed by atoms with Crippen LogP contribution in [0.3, 0.4) is 0 Å². The van der Waals surface area contributed by atoms with Gasteiger partial charge in [0.15, 0.2) is 0 Å². The van der Waals surface area contributed by atoms with E-state index < -0.39 is 28.8 Å². The van der Waals surface area contributed by atoms with Crippen molar-refractivity contribution in [1.29, 1.82) is 5.26 Å². The van der Waals surface area contributed by atoms with Gasteiger partial charge < -0.3 is 5.11 Å². The van der Waals surface area contributed by atoms with Gasteiger partial charge >= 0.3 is 0 Å². The number of nitrogens with zero attached hydrogens (tertiary/aromatic N) is 2. The summed E-state index contributed by atoms with van der Waals surface area (Å²) in [7, 11) is -3.71. The summed E-state index contributed by atoms with van der Waals surface area (Å²) in [5, 5.41) is 17.9. The summed E-state index contributed by atoms with van der Waals surface area (Å²) in [6, 6.07) is 7.53. The highest BCUT2D eigenvalue weighted by molar-refractivity contribution is 7.88. The number of alkyl halides is 1. The van der Waals surface area contributed by atoms with Crippen molar-refractivity contribution in [3.05, 3.63) is 35.4 Å². The summed E-state index contributed by atoms with van der Waals surface area (Å²) < 4.78 is 38.9. The van der Waals surface area contributed by atoms with Crippen LogP contribution in [0.2, 0.25) is 0 Å². The number of aliphatic hydroxyl groups is 1. The SMILES string of the molecule is N#Cc1cccc(CS(=O)(=O)N2C[C@@H](F)C[C@H]2CO)c1. The average Bonchev–Trinajstić information content (AvgIpc) is 2.80. The molecule has 1 saturated heterocycles. The van der Waals surface area contributed by atoms with Crippen LogP contribution in [0, 0.1) is 11.3 Å². The fourth-order valence-corrected chi connectivity index (χ4v) is 4.12. The molecule has 0 aliphatic carbocycles. The van der Waals surface area contributed by atoms with Gasteiger partial charge in [0.2, 0.25) is 10.0 Å². The molecule has 2 atom stereocenters. The molecule has 1 aliphatic heterocycles. The Labute approximate surface area is 117 Å². The van der Waals surface area contributed by atoms with Crippen LogP contribution in [-0.4, -0.2) is 43.2 Å². The van der Waals surface area contributed by atoms with Gasteiger partial charge in [0.05, 0.1) is 30.0 Å². The topological polar surface area (TPSA) is 81.4 Å². The van der Waals surface area contributed by atoms with E-state index in [2.05, 4.69) is 0 Å². The zero-order chi connectivity index (χ0) is 14.8. The lowest BCUT2D eigenvalue weighted by Gasteiger charge is -2.22. The highest BCUT2D eigenvalue weighted by Crippen LogP contribution is 2.25. The summed E-state index contributed by atoms with van der Waals surface area (Å²) in [6.45, 7) is -0.608. The van der Waals surface area contributed by atoms with Gasteiger partial charge in [-0.05, 0) is 24.1 Å². The van der Waals surface area contributed by atoms with E-state index in [1.54, 1.807) is 18.2 Å². The summed E-state index contributed by atoms with van der Waals surface area (Å²) in [5.74, 6) is -0.300. The quantitative estimate of drug-likeness (QED) is 0.891. The molecule has 1 aromatic rings. The van der Waals surface area contributed by atoms with Crippen LogP contribution in [0.25, 0.3) is 0 Å². The maximum Gasteiger partial charge on any atom is 0.218 e. The van der Waals surface area contributed by atoms with Gasteiger partial charge in [-0.2, -0.15) is 9.57 Å². The molecule has 108 valence electrons. The number of hydrogen-bond donors (Lipinski definition) is 1. The largest absolute Gasteiger partial charge is 0.395 e. The minimum atomic E-state index is -3.71. The number of nitriles is 1. The van der Waals surface area contributed by atoms with Crippen molar-refractivity contribution in [2.45, 2.75) is 24.4 Å². The van der Waals surface area contributed by atoms with Crippen LogP contribution in [-0.2, 0) is 15.8 Å². The van der Waals surface area contributed by atoms with Crippen LogP contribution < -0.4 is 0 Å². The molecule has 1 fully saturated rings. The average molecular weight is 298 g/mol. The zero-order valence-corrected chi connectivity index (χ0v) is 11.6. The molecule has 7 heteroatoms. The predicted molar refractivity (Wildman–Crippen MR) is 70.9 cm³/mol. The highest BCUT2D eigenvalue weighted by Gasteiger charge is 2.39. The number of benzene rings is 1. The second-order valence-corrected chi connectivity index (χ2v) is 6.73. The van der Waals surface area contributed by atoms with Crippen LogP contribution in [0.4, 0.5) is 4.39 Å². The lowest BCUT2D eigenvalue weighted by molar-refractivity contribution is 0.212. The maximum atomic E-state index is 13.3. The predicted octanol–water partition coefficient (Wildman–Crippen LogP) is 0.793. The highest BCUT2D eigenvalue weighted by atomic mass is 32.2. The summed E-state index contributed by atoms with van der Waals surface area (Å²) >= 11 is 0. The van der Waals surface area contributed by atoms with Crippen LogP contribution in [0.5, 0.6) is 0 Å². The number of hydrogen-bond acceptors (Lipinski definition) is 4. The number of sulfonamides is 1. The molecule has 0 unspecified atom stereocenters. The molecule has 0 saturated carbocycles. The van der Waals surface area contributed by atoms with Gasteiger partial charge in [0, 0.05) is 6.54 Å². The first-order chi connectivity index (χ1) is 9.46. The molecule has 5 nitrogen and oxygen atoms in total. The molecule has 2 rings (SSSR count). The van der Waals surface area contributed by atoms with Gasteiger partial charge in [-0.15, -0.1) is 0 Å². The van der Waals surface area contributed by atoms with Crippen molar-refractivity contribution in [2.24, 2.45) is 0 Å². The smallest absolute Gasteiger partial charge is 0.218 e. The Morgan fingerprint density at radius 1 is 1.50 bits per heavy atom. The Bertz CT molecular complexity index is 627. The minimum Gasteiger partial charge on any atom is -0.395 e. The zero-order valence-electron chi connectivity index (χ0n) is 10.7. The molecule has 1 aliphatic rings. The van der Waals surface area contributed by atoms with E-state index in [-0.39, 0.29) is 18.7 Å². The third-order valence-electron chi connectivity index (χ3n) is 3.29. The molecule has 0 aromatic heterocycles. The van der Waals surface area contributed by atoms with E-state index in [4.69, 9.17) is 10.4 Å². The Morgan fingerprint density at radius 3 is 2.90 bits per heavy atom. The second-order valence-electron chi connectivity index (χ2n) is 4.81. The van der Waals surface area contributed by atoms with E-state index in [0.29, 0.717) is 11.1 Å². The summed E-state index contributed by atoms with van der Waals surface area (Å²) in [4.78, 5) is 0. The van der Waals surface area contributed by atoms with E-state index in [9.17, 15) is 12.8 Å². The van der Waals surface area contributed by atoms with Crippen molar-refractivity contribution in [1.82, 2.24) is 4.31 Å². The molecule has 0 bridgehead atoms. The molecule has 0 spiro atoms. The fourth-order valence-electron chi connectivity index (χ4n) is 2.36. The van der Waals surface area contributed by atoms with Gasteiger partial charge in [0.1, 0.15) is 6.17 Å². The van der Waals surface area contributed by atoms with E-state index >= 15 is 0 Å². The minimum absolute atomic E-state index is 0.0218. The van der Waals surface area contributed by atoms with Gasteiger partial charge in [-0.25, -0.2) is 12.8 Å². The van der Waals surface area contributed by atoms with Gasteiger partial charge in [-0.3, -0.25) is 0 Å². The fraction of sp³-hybridized carbons (Fsp3) is 0.462. The van der Waals surface area contributed by atoms with E-state index in [1.165, 1.54) is 6.07 Å². The van der Waals surface area contributed by atoms with Gasteiger partial charge in [0.25, 0.3) is 0 Å². The first-order valence-corrected chi connectivity index (χ1v) is 7.80. The number of halogens is 1. The summed E-state index contributed by atoms with van der Waals surface area (Å²) in [5.41, 5.74) is 0.851. The van der Waals surface area contributed by atoms with Crippen LogP contribution >= 0.6 is 0 Å².